The van der Waals surface area contributed by atoms with Gasteiger partial charge in [0, 0.05) is 44.0 Å². The highest BCUT2D eigenvalue weighted by Crippen LogP contribution is 2.39. The van der Waals surface area contributed by atoms with E-state index in [0.29, 0.717) is 57.2 Å². The quantitative estimate of drug-likeness (QED) is 0.435. The molecule has 0 saturated carbocycles. The summed E-state index contributed by atoms with van der Waals surface area (Å²) in [5.74, 6) is -0.224. The van der Waals surface area contributed by atoms with Crippen LogP contribution in [0.3, 0.4) is 0 Å². The number of morpholine rings is 1. The number of amides is 3. The second-order valence-corrected chi connectivity index (χ2v) is 12.2. The standard InChI is InChI=1S/C30H34FN7O6/c1-30(2)16-38(18-7-10-41-11-8-18)27(39)24-25(34-28(35-26(24)44-30)37-14-19-4-5-20(15-37)43-19)17-3-6-22(21(31)13-17)32-29(40)33-23-9-12-42-36-23/h3,6,9,12-13,18-20H,4-5,7-8,10-11,14-16H2,1-2H3,(H2,32,33,36,40). The van der Waals surface area contributed by atoms with Crippen molar-refractivity contribution in [2.75, 3.05) is 48.4 Å². The maximum atomic E-state index is 15.6. The Hall–Kier alpha value is -4.30. The van der Waals surface area contributed by atoms with Crippen molar-refractivity contribution in [3.8, 4) is 17.1 Å². The minimum Gasteiger partial charge on any atom is -0.469 e. The summed E-state index contributed by atoms with van der Waals surface area (Å²) in [4.78, 5) is 40.4. The summed E-state index contributed by atoms with van der Waals surface area (Å²) in [7, 11) is 0. The van der Waals surface area contributed by atoms with E-state index in [4.69, 9.17) is 28.7 Å². The van der Waals surface area contributed by atoms with E-state index in [1.165, 1.54) is 24.5 Å². The molecule has 3 amide bonds. The lowest BCUT2D eigenvalue weighted by Crippen LogP contribution is -2.49. The summed E-state index contributed by atoms with van der Waals surface area (Å²) in [6.45, 7) is 6.56. The molecule has 2 atom stereocenters. The molecule has 0 aliphatic carbocycles. The second-order valence-electron chi connectivity index (χ2n) is 12.2. The number of hydrogen-bond donors (Lipinski definition) is 2. The lowest BCUT2D eigenvalue weighted by molar-refractivity contribution is 0.00668. The molecule has 4 aliphatic rings. The van der Waals surface area contributed by atoms with Crippen LogP contribution >= 0.6 is 0 Å². The fourth-order valence-electron chi connectivity index (χ4n) is 6.35. The number of nitrogens with one attached hydrogen (secondary N) is 2. The zero-order valence-electron chi connectivity index (χ0n) is 24.5. The Morgan fingerprint density at radius 1 is 1.05 bits per heavy atom. The van der Waals surface area contributed by atoms with Gasteiger partial charge in [0.25, 0.3) is 5.91 Å². The van der Waals surface area contributed by atoms with Crippen LogP contribution in [-0.2, 0) is 9.47 Å². The normalized spacial score (nSPS) is 23.1. The molecule has 232 valence electrons. The van der Waals surface area contributed by atoms with Crippen LogP contribution in [0.5, 0.6) is 5.88 Å². The topological polar surface area (TPSA) is 144 Å². The summed E-state index contributed by atoms with van der Waals surface area (Å²) in [6.07, 6.45) is 4.79. The Bertz CT molecular complexity index is 1550. The Labute approximate surface area is 253 Å². The Morgan fingerprint density at radius 2 is 1.82 bits per heavy atom. The number of aromatic nitrogens is 3. The van der Waals surface area contributed by atoms with E-state index >= 15 is 4.39 Å². The average molecular weight is 608 g/mol. The van der Waals surface area contributed by atoms with Crippen LogP contribution in [0.4, 0.5) is 26.6 Å². The number of nitrogens with zero attached hydrogens (tertiary/aromatic N) is 5. The van der Waals surface area contributed by atoms with Crippen molar-refractivity contribution in [1.29, 1.82) is 0 Å². The predicted molar refractivity (Wildman–Crippen MR) is 156 cm³/mol. The first-order valence-electron chi connectivity index (χ1n) is 14.9. The average Bonchev–Trinajstić information content (AvgIpc) is 3.62. The third-order valence-electron chi connectivity index (χ3n) is 8.39. The van der Waals surface area contributed by atoms with Crippen molar-refractivity contribution in [2.45, 2.75) is 63.4 Å². The van der Waals surface area contributed by atoms with Crippen molar-refractivity contribution in [1.82, 2.24) is 20.0 Å². The van der Waals surface area contributed by atoms with Crippen molar-refractivity contribution < 1.29 is 32.7 Å². The van der Waals surface area contributed by atoms with Crippen molar-refractivity contribution in [2.24, 2.45) is 0 Å². The summed E-state index contributed by atoms with van der Waals surface area (Å²) < 4.78 is 38.3. The van der Waals surface area contributed by atoms with E-state index in [1.807, 2.05) is 18.7 Å². The molecule has 2 N–H and O–H groups in total. The molecule has 0 radical (unpaired) electrons. The van der Waals surface area contributed by atoms with Gasteiger partial charge >= 0.3 is 6.03 Å². The smallest absolute Gasteiger partial charge is 0.325 e. The number of anilines is 3. The molecule has 2 unspecified atom stereocenters. The molecular formula is C30H34FN7O6. The molecule has 3 aromatic rings. The summed E-state index contributed by atoms with van der Waals surface area (Å²) in [6, 6.07) is 5.03. The molecule has 4 aliphatic heterocycles. The minimum absolute atomic E-state index is 0.0426. The van der Waals surface area contributed by atoms with Gasteiger partial charge in [-0.2, -0.15) is 4.98 Å². The third-order valence-corrected chi connectivity index (χ3v) is 8.39. The van der Waals surface area contributed by atoms with E-state index in [1.54, 1.807) is 6.07 Å². The number of rotatable bonds is 5. The van der Waals surface area contributed by atoms with Crippen LogP contribution in [0.2, 0.25) is 0 Å². The number of benzene rings is 1. The first-order valence-corrected chi connectivity index (χ1v) is 14.9. The summed E-state index contributed by atoms with van der Waals surface area (Å²) in [5.41, 5.74) is -0.00772. The summed E-state index contributed by atoms with van der Waals surface area (Å²) in [5, 5.41) is 8.56. The Balaban J connectivity index is 1.28. The monoisotopic (exact) mass is 607 g/mol. The largest absolute Gasteiger partial charge is 0.469 e. The first-order chi connectivity index (χ1) is 21.2. The molecule has 2 aromatic heterocycles. The summed E-state index contributed by atoms with van der Waals surface area (Å²) >= 11 is 0. The molecule has 1 aromatic carbocycles. The van der Waals surface area contributed by atoms with E-state index in [-0.39, 0.29) is 52.8 Å². The van der Waals surface area contributed by atoms with Crippen molar-refractivity contribution >= 4 is 29.4 Å². The number of fused-ring (bicyclic) bond motifs is 3. The highest BCUT2D eigenvalue weighted by atomic mass is 19.1. The van der Waals surface area contributed by atoms with Crippen molar-refractivity contribution in [3.05, 3.63) is 41.9 Å². The van der Waals surface area contributed by atoms with Crippen LogP contribution in [0.1, 0.15) is 49.9 Å². The Morgan fingerprint density at radius 3 is 2.52 bits per heavy atom. The SMILES string of the molecule is CC1(C)CN(C2CCOCC2)C(=O)c2c(nc(N3CC4CCC(C3)O4)nc2-c2ccc(NC(=O)Nc3ccon3)c(F)c2)O1. The highest BCUT2D eigenvalue weighted by molar-refractivity contribution is 6.03. The molecule has 6 heterocycles. The Kier molecular flexibility index (Phi) is 7.33. The van der Waals surface area contributed by atoms with Crippen LogP contribution in [-0.4, -0.2) is 88.7 Å². The first kappa shape index (κ1) is 28.5. The highest BCUT2D eigenvalue weighted by Gasteiger charge is 2.42. The molecule has 7 rings (SSSR count). The minimum atomic E-state index is -0.748. The van der Waals surface area contributed by atoms with Gasteiger partial charge < -0.3 is 33.9 Å². The fourth-order valence-corrected chi connectivity index (χ4v) is 6.35. The number of carbonyl (C=O) groups is 2. The molecule has 2 bridgehead atoms. The maximum absolute atomic E-state index is 15.6. The number of halogens is 1. The third kappa shape index (κ3) is 5.66. The molecule has 44 heavy (non-hydrogen) atoms. The van der Waals surface area contributed by atoms with Gasteiger partial charge in [-0.3, -0.25) is 10.1 Å². The number of hydrogen-bond acceptors (Lipinski definition) is 10. The number of ether oxygens (including phenoxy) is 3. The van der Waals surface area contributed by atoms with Gasteiger partial charge in [0.1, 0.15) is 23.2 Å². The fraction of sp³-hybridized carbons (Fsp3) is 0.500. The van der Waals surface area contributed by atoms with Crippen LogP contribution < -0.4 is 20.3 Å². The predicted octanol–water partition coefficient (Wildman–Crippen LogP) is 4.07. The molecular weight excluding hydrogens is 573 g/mol. The molecule has 0 spiro atoms. The van der Waals surface area contributed by atoms with Gasteiger partial charge in [0.2, 0.25) is 11.8 Å². The van der Waals surface area contributed by atoms with E-state index in [2.05, 4.69) is 20.7 Å². The van der Waals surface area contributed by atoms with Crippen LogP contribution in [0.15, 0.2) is 35.1 Å². The number of carbonyl (C=O) groups excluding carboxylic acids is 2. The van der Waals surface area contributed by atoms with Gasteiger partial charge in [-0.15, -0.1) is 0 Å². The van der Waals surface area contributed by atoms with Gasteiger partial charge in [0.15, 0.2) is 5.82 Å². The lowest BCUT2D eigenvalue weighted by atomic mass is 10.0. The van der Waals surface area contributed by atoms with E-state index < -0.39 is 17.4 Å². The van der Waals surface area contributed by atoms with E-state index in [0.717, 1.165) is 12.8 Å². The molecule has 13 nitrogen and oxygen atoms in total. The second kappa shape index (κ2) is 11.3. The van der Waals surface area contributed by atoms with Crippen LogP contribution in [0.25, 0.3) is 11.3 Å². The van der Waals surface area contributed by atoms with Gasteiger partial charge in [-0.25, -0.2) is 14.2 Å². The van der Waals surface area contributed by atoms with E-state index in [9.17, 15) is 9.59 Å². The van der Waals surface area contributed by atoms with Gasteiger partial charge in [0.05, 0.1) is 30.1 Å². The molecule has 3 saturated heterocycles. The van der Waals surface area contributed by atoms with Crippen molar-refractivity contribution in [3.63, 3.8) is 0 Å². The molecule has 3 fully saturated rings. The van der Waals surface area contributed by atoms with Gasteiger partial charge in [-0.1, -0.05) is 11.2 Å². The number of urea groups is 1. The zero-order chi connectivity index (χ0) is 30.4. The molecule has 14 heteroatoms. The maximum Gasteiger partial charge on any atom is 0.325 e. The van der Waals surface area contributed by atoms with Gasteiger partial charge in [-0.05, 0) is 51.7 Å². The lowest BCUT2D eigenvalue weighted by Gasteiger charge is -2.36. The zero-order valence-corrected chi connectivity index (χ0v) is 24.5. The van der Waals surface area contributed by atoms with Crippen LogP contribution in [0, 0.1) is 5.82 Å².